The van der Waals surface area contributed by atoms with Gasteiger partial charge in [0.2, 0.25) is 11.8 Å². The molecule has 2 aliphatic rings. The Morgan fingerprint density at radius 2 is 1.78 bits per heavy atom. The number of benzene rings is 1. The minimum absolute atomic E-state index is 0.0106. The molecule has 2 aromatic heterocycles. The van der Waals surface area contributed by atoms with Crippen LogP contribution in [0.25, 0.3) is 10.4 Å². The van der Waals surface area contributed by atoms with E-state index in [1.54, 1.807) is 36.8 Å². The number of anilines is 1. The van der Waals surface area contributed by atoms with Gasteiger partial charge in [-0.3, -0.25) is 9.59 Å². The number of nitrogens with zero attached hydrogens (tertiary/aromatic N) is 4. The fraction of sp³-hybridized carbons (Fsp3) is 0.568. The van der Waals surface area contributed by atoms with Crippen LogP contribution in [0.4, 0.5) is 10.6 Å². The number of rotatable bonds is 14. The summed E-state index contributed by atoms with van der Waals surface area (Å²) in [5.41, 5.74) is 4.63. The van der Waals surface area contributed by atoms with Gasteiger partial charge in [-0.2, -0.15) is 0 Å². The molecule has 14 nitrogen and oxygen atoms in total. The first-order chi connectivity index (χ1) is 25.5. The molecule has 5 rings (SSSR count). The fourth-order valence-corrected chi connectivity index (χ4v) is 10.5. The third-order valence-electron chi connectivity index (χ3n) is 9.97. The summed E-state index contributed by atoms with van der Waals surface area (Å²) in [6, 6.07) is 8.21. The molecule has 2 saturated heterocycles. The molecule has 1 N–H and O–H groups in total. The highest BCUT2D eigenvalue weighted by atomic mass is 33.1. The molecule has 4 heterocycles. The standard InChI is InChI=1S/C37H49N5O9S3/c1-21(2)33(31-17-32(40-51-31)41-14-12-26(19-43)13-15-41)36(45)42-18-29(50-37(46)49-24(5)25(6)53-54(7,47)48)16-30(42)35(44)39-22(3)27-8-10-28(11-9-27)34-23(4)38-20-52-34/h8-11,17,19-22,24-26,29-30,33H,12-16,18H2,1-7H3,(H,39,44)/t22?,24?,25?,29-,30+,33?/m1/s1. The number of hydrogen-bond donors (Lipinski definition) is 1. The van der Waals surface area contributed by atoms with Gasteiger partial charge in [0.1, 0.15) is 30.5 Å². The molecule has 3 aromatic rings. The zero-order valence-corrected chi connectivity index (χ0v) is 34.0. The van der Waals surface area contributed by atoms with Crippen LogP contribution in [0.5, 0.6) is 0 Å². The molecule has 0 saturated carbocycles. The summed E-state index contributed by atoms with van der Waals surface area (Å²) in [5.74, 6) is -0.901. The van der Waals surface area contributed by atoms with Gasteiger partial charge < -0.3 is 33.9 Å². The third kappa shape index (κ3) is 10.2. The van der Waals surface area contributed by atoms with Crippen molar-refractivity contribution in [2.75, 3.05) is 30.8 Å². The summed E-state index contributed by atoms with van der Waals surface area (Å²) in [6.07, 6.45) is 0.794. The molecule has 1 aromatic carbocycles. The number of aryl methyl sites for hydroxylation is 1. The number of carbonyl (C=O) groups excluding carboxylic acids is 4. The minimum atomic E-state index is -3.38. The normalized spacial score (nSPS) is 20.3. The SMILES string of the molecule is Cc1ncsc1-c1ccc(C(C)NC(=O)[C@@H]2C[C@@H](OC(=O)OC(C)C(C)SS(C)(=O)=O)CN2C(=O)C(c2cc(N3CCC(C=O)CC3)no2)C(C)C)cc1. The first kappa shape index (κ1) is 41.2. The predicted octanol–water partition coefficient (Wildman–Crippen LogP) is 5.73. The molecule has 17 heteroatoms. The molecule has 4 unspecified atom stereocenters. The highest BCUT2D eigenvalue weighted by molar-refractivity contribution is 8.72. The molecular weight excluding hydrogens is 755 g/mol. The Bertz CT molecular complexity index is 1890. The van der Waals surface area contributed by atoms with Gasteiger partial charge in [0.15, 0.2) is 20.4 Å². The van der Waals surface area contributed by atoms with Gasteiger partial charge in [-0.15, -0.1) is 11.3 Å². The fourth-order valence-electron chi connectivity index (χ4n) is 6.79. The van der Waals surface area contributed by atoms with Crippen LogP contribution < -0.4 is 10.2 Å². The van der Waals surface area contributed by atoms with Crippen LogP contribution in [-0.4, -0.2) is 97.1 Å². The number of nitrogens with one attached hydrogen (secondary N) is 1. The van der Waals surface area contributed by atoms with Crippen LogP contribution in [0.15, 0.2) is 40.4 Å². The predicted molar refractivity (Wildman–Crippen MR) is 207 cm³/mol. The van der Waals surface area contributed by atoms with Crippen LogP contribution >= 0.6 is 22.1 Å². The average Bonchev–Trinajstić information content (AvgIpc) is 3.88. The Morgan fingerprint density at radius 3 is 2.37 bits per heavy atom. The quantitative estimate of drug-likeness (QED) is 0.119. The van der Waals surface area contributed by atoms with E-state index in [1.807, 2.05) is 56.9 Å². The van der Waals surface area contributed by atoms with Crippen molar-refractivity contribution in [2.45, 2.75) is 96.3 Å². The van der Waals surface area contributed by atoms with Gasteiger partial charge in [0.25, 0.3) is 0 Å². The Morgan fingerprint density at radius 1 is 1.09 bits per heavy atom. The Kier molecular flexibility index (Phi) is 13.5. The molecule has 54 heavy (non-hydrogen) atoms. The number of piperidine rings is 1. The van der Waals surface area contributed by atoms with Crippen molar-refractivity contribution >= 4 is 61.1 Å². The molecule has 2 fully saturated rings. The number of likely N-dealkylation sites (tertiary alicyclic amines) is 1. The van der Waals surface area contributed by atoms with E-state index in [1.165, 1.54) is 4.90 Å². The molecular formula is C37H49N5O9S3. The van der Waals surface area contributed by atoms with Crippen molar-refractivity contribution in [3.63, 3.8) is 0 Å². The number of carbonyl (C=O) groups is 4. The van der Waals surface area contributed by atoms with Crippen molar-refractivity contribution < 1.29 is 41.6 Å². The third-order valence-corrected chi connectivity index (χ3v) is 13.9. The second-order valence-corrected chi connectivity index (χ2v) is 20.0. The lowest BCUT2D eigenvalue weighted by Gasteiger charge is -2.30. The van der Waals surface area contributed by atoms with Crippen molar-refractivity contribution in [3.05, 3.63) is 52.9 Å². The number of aldehydes is 1. The monoisotopic (exact) mass is 803 g/mol. The highest BCUT2D eigenvalue weighted by Crippen LogP contribution is 2.35. The second kappa shape index (κ2) is 17.7. The molecule has 0 spiro atoms. The summed E-state index contributed by atoms with van der Waals surface area (Å²) in [6.45, 7) is 12.0. The van der Waals surface area contributed by atoms with Crippen LogP contribution in [-0.2, 0) is 32.7 Å². The summed E-state index contributed by atoms with van der Waals surface area (Å²) >= 11 is 1.56. The van der Waals surface area contributed by atoms with Crippen molar-refractivity contribution in [3.8, 4) is 10.4 Å². The zero-order chi connectivity index (χ0) is 39.3. The van der Waals surface area contributed by atoms with E-state index in [2.05, 4.69) is 15.5 Å². The molecule has 0 radical (unpaired) electrons. The maximum Gasteiger partial charge on any atom is 0.508 e. The van der Waals surface area contributed by atoms with Crippen LogP contribution in [0.3, 0.4) is 0 Å². The summed E-state index contributed by atoms with van der Waals surface area (Å²) in [5, 5.41) is 6.75. The highest BCUT2D eigenvalue weighted by Gasteiger charge is 2.45. The molecule has 294 valence electrons. The van der Waals surface area contributed by atoms with Crippen LogP contribution in [0, 0.1) is 18.8 Å². The van der Waals surface area contributed by atoms with Gasteiger partial charge in [-0.05, 0) is 68.4 Å². The van der Waals surface area contributed by atoms with E-state index in [0.717, 1.165) is 34.2 Å². The first-order valence-electron chi connectivity index (χ1n) is 18.1. The van der Waals surface area contributed by atoms with Crippen molar-refractivity contribution in [1.29, 1.82) is 0 Å². The lowest BCUT2D eigenvalue weighted by atomic mass is 9.91. The smallest absolute Gasteiger partial charge is 0.430 e. The van der Waals surface area contributed by atoms with Gasteiger partial charge in [-0.1, -0.05) is 43.3 Å². The Balaban J connectivity index is 1.33. The largest absolute Gasteiger partial charge is 0.508 e. The number of amides is 2. The van der Waals surface area contributed by atoms with Crippen molar-refractivity contribution in [2.24, 2.45) is 11.8 Å². The molecule has 0 aliphatic carbocycles. The van der Waals surface area contributed by atoms with E-state index in [9.17, 15) is 27.6 Å². The van der Waals surface area contributed by atoms with Gasteiger partial charge >= 0.3 is 6.16 Å². The van der Waals surface area contributed by atoms with E-state index in [-0.39, 0.29) is 30.7 Å². The minimum Gasteiger partial charge on any atom is -0.430 e. The number of ether oxygens (including phenoxy) is 2. The summed E-state index contributed by atoms with van der Waals surface area (Å²) in [4.78, 5) is 61.6. The van der Waals surface area contributed by atoms with E-state index in [4.69, 9.17) is 14.0 Å². The zero-order valence-electron chi connectivity index (χ0n) is 31.6. The first-order valence-corrected chi connectivity index (χ1v) is 22.2. The second-order valence-electron chi connectivity index (χ2n) is 14.4. The number of aromatic nitrogens is 2. The topological polar surface area (TPSA) is 178 Å². The summed E-state index contributed by atoms with van der Waals surface area (Å²) < 4.78 is 40.3. The lowest BCUT2D eigenvalue weighted by molar-refractivity contribution is -0.141. The van der Waals surface area contributed by atoms with E-state index < -0.39 is 56.4 Å². The van der Waals surface area contributed by atoms with Gasteiger partial charge in [-0.25, -0.2) is 18.2 Å². The van der Waals surface area contributed by atoms with E-state index >= 15 is 0 Å². The molecule has 2 amide bonds. The van der Waals surface area contributed by atoms with Gasteiger partial charge in [0, 0.05) is 37.8 Å². The number of thiazole rings is 1. The number of hydrogen-bond acceptors (Lipinski definition) is 14. The molecule has 2 aliphatic heterocycles. The summed E-state index contributed by atoms with van der Waals surface area (Å²) in [7, 11) is -2.71. The Hall–Kier alpha value is -3.96. The average molecular weight is 804 g/mol. The Labute approximate surface area is 324 Å². The van der Waals surface area contributed by atoms with Crippen LogP contribution in [0.1, 0.15) is 82.9 Å². The van der Waals surface area contributed by atoms with Gasteiger partial charge in [0.05, 0.1) is 33.9 Å². The maximum atomic E-state index is 14.5. The maximum absolute atomic E-state index is 14.5. The van der Waals surface area contributed by atoms with E-state index in [0.29, 0.717) is 48.3 Å². The van der Waals surface area contributed by atoms with Crippen LogP contribution in [0.2, 0.25) is 0 Å². The molecule has 6 atom stereocenters. The molecule has 0 bridgehead atoms. The van der Waals surface area contributed by atoms with Crippen molar-refractivity contribution in [1.82, 2.24) is 20.4 Å². The lowest BCUT2D eigenvalue weighted by Crippen LogP contribution is -2.48.